The number of nitrogens with two attached hydrogens (primary N) is 2. The molecule has 0 aliphatic heterocycles. The molecule has 3 unspecified atom stereocenters. The normalized spacial score (nSPS) is 27.8. The minimum atomic E-state index is -0.469. The molecule has 0 saturated heterocycles. The number of carbonyl (C=O) groups excluding carboxylic acids is 1. The Bertz CT molecular complexity index is 434. The molecule has 0 bridgehead atoms. The molecule has 4 heteroatoms. The number of carbonyl (C=O) groups is 1. The van der Waals surface area contributed by atoms with Gasteiger partial charge < -0.3 is 16.2 Å². The molecule has 1 aromatic carbocycles. The predicted octanol–water partition coefficient (Wildman–Crippen LogP) is 1.68. The third-order valence-electron chi connectivity index (χ3n) is 3.54. The Kier molecular flexibility index (Phi) is 3.87. The highest BCUT2D eigenvalue weighted by Gasteiger charge is 2.28. The van der Waals surface area contributed by atoms with E-state index in [4.69, 9.17) is 16.2 Å². The van der Waals surface area contributed by atoms with Crippen molar-refractivity contribution in [2.24, 2.45) is 17.4 Å². The Morgan fingerprint density at radius 1 is 1.33 bits per heavy atom. The van der Waals surface area contributed by atoms with Crippen LogP contribution in [0.5, 0.6) is 5.75 Å². The molecule has 1 aromatic rings. The quantitative estimate of drug-likeness (QED) is 0.854. The molecule has 1 aliphatic carbocycles. The van der Waals surface area contributed by atoms with Gasteiger partial charge in [0.15, 0.2) is 0 Å². The fraction of sp³-hybridized carbons (Fsp3) is 0.500. The molecule has 18 heavy (non-hydrogen) atoms. The van der Waals surface area contributed by atoms with Gasteiger partial charge in [0.1, 0.15) is 11.9 Å². The Balaban J connectivity index is 2.15. The second kappa shape index (κ2) is 5.40. The molecule has 1 amide bonds. The summed E-state index contributed by atoms with van der Waals surface area (Å²) < 4.78 is 5.90. The number of rotatable bonds is 3. The van der Waals surface area contributed by atoms with Crippen LogP contribution in [0.25, 0.3) is 0 Å². The highest BCUT2D eigenvalue weighted by atomic mass is 16.5. The maximum absolute atomic E-state index is 11.3. The topological polar surface area (TPSA) is 78.3 Å². The van der Waals surface area contributed by atoms with E-state index < -0.39 is 5.91 Å². The monoisotopic (exact) mass is 248 g/mol. The first-order chi connectivity index (χ1) is 8.58. The maximum atomic E-state index is 11.3. The third kappa shape index (κ3) is 2.82. The van der Waals surface area contributed by atoms with Gasteiger partial charge in [-0.15, -0.1) is 0 Å². The van der Waals surface area contributed by atoms with Crippen LogP contribution < -0.4 is 16.2 Å². The van der Waals surface area contributed by atoms with E-state index in [2.05, 4.69) is 6.92 Å². The number of para-hydroxylation sites is 1. The third-order valence-corrected chi connectivity index (χ3v) is 3.54. The van der Waals surface area contributed by atoms with Crippen LogP contribution in [0.2, 0.25) is 0 Å². The van der Waals surface area contributed by atoms with Gasteiger partial charge in [0.2, 0.25) is 0 Å². The van der Waals surface area contributed by atoms with Crippen LogP contribution in [0.4, 0.5) is 0 Å². The molecular weight excluding hydrogens is 228 g/mol. The van der Waals surface area contributed by atoms with E-state index in [1.54, 1.807) is 18.2 Å². The Morgan fingerprint density at radius 2 is 2.06 bits per heavy atom. The molecular formula is C14H20N2O2. The second-order valence-electron chi connectivity index (χ2n) is 5.10. The van der Waals surface area contributed by atoms with E-state index in [1.165, 1.54) is 0 Å². The highest BCUT2D eigenvalue weighted by Crippen LogP contribution is 2.28. The van der Waals surface area contributed by atoms with E-state index in [9.17, 15) is 4.79 Å². The van der Waals surface area contributed by atoms with Gasteiger partial charge in [0, 0.05) is 6.04 Å². The number of hydrogen-bond donors (Lipinski definition) is 2. The number of amides is 1. The van der Waals surface area contributed by atoms with Gasteiger partial charge in [-0.2, -0.15) is 0 Å². The zero-order valence-corrected chi connectivity index (χ0v) is 10.6. The first kappa shape index (κ1) is 12.9. The lowest BCUT2D eigenvalue weighted by atomic mass is 9.85. The average molecular weight is 248 g/mol. The van der Waals surface area contributed by atoms with Crippen LogP contribution >= 0.6 is 0 Å². The predicted molar refractivity (Wildman–Crippen MR) is 70.4 cm³/mol. The van der Waals surface area contributed by atoms with E-state index in [0.29, 0.717) is 17.2 Å². The van der Waals surface area contributed by atoms with E-state index in [1.807, 2.05) is 6.07 Å². The summed E-state index contributed by atoms with van der Waals surface area (Å²) in [6.45, 7) is 2.20. The smallest absolute Gasteiger partial charge is 0.252 e. The lowest BCUT2D eigenvalue weighted by Crippen LogP contribution is -2.43. The second-order valence-corrected chi connectivity index (χ2v) is 5.10. The van der Waals surface area contributed by atoms with Crippen LogP contribution in [0.3, 0.4) is 0 Å². The van der Waals surface area contributed by atoms with Crippen molar-refractivity contribution in [2.45, 2.75) is 38.3 Å². The van der Waals surface area contributed by atoms with Gasteiger partial charge in [-0.25, -0.2) is 0 Å². The molecule has 0 spiro atoms. The minimum Gasteiger partial charge on any atom is -0.488 e. The highest BCUT2D eigenvalue weighted by molar-refractivity contribution is 5.95. The minimum absolute atomic E-state index is 0.0298. The summed E-state index contributed by atoms with van der Waals surface area (Å²) in [7, 11) is 0. The summed E-state index contributed by atoms with van der Waals surface area (Å²) in [6.07, 6.45) is 2.99. The van der Waals surface area contributed by atoms with Gasteiger partial charge in [0.05, 0.1) is 5.56 Å². The number of hydrogen-bond acceptors (Lipinski definition) is 3. The number of ether oxygens (including phenoxy) is 1. The van der Waals surface area contributed by atoms with E-state index in [-0.39, 0.29) is 12.1 Å². The molecule has 4 nitrogen and oxygen atoms in total. The molecule has 4 N–H and O–H groups in total. The molecule has 98 valence electrons. The summed E-state index contributed by atoms with van der Waals surface area (Å²) in [5.74, 6) is 0.679. The lowest BCUT2D eigenvalue weighted by Gasteiger charge is -2.33. The van der Waals surface area contributed by atoms with Crippen molar-refractivity contribution in [3.63, 3.8) is 0 Å². The molecule has 2 rings (SSSR count). The molecule has 1 saturated carbocycles. The van der Waals surface area contributed by atoms with Crippen LogP contribution in [0.15, 0.2) is 24.3 Å². The maximum Gasteiger partial charge on any atom is 0.252 e. The molecule has 0 radical (unpaired) electrons. The SMILES string of the molecule is CC1CCC(N)C(Oc2ccccc2C(N)=O)C1. The van der Waals surface area contributed by atoms with Crippen LogP contribution in [0.1, 0.15) is 36.5 Å². The number of primary amides is 1. The summed E-state index contributed by atoms with van der Waals surface area (Å²) in [5.41, 5.74) is 11.8. The van der Waals surface area contributed by atoms with Crippen molar-refractivity contribution in [1.29, 1.82) is 0 Å². The summed E-state index contributed by atoms with van der Waals surface area (Å²) in [4.78, 5) is 11.3. The van der Waals surface area contributed by atoms with Crippen molar-refractivity contribution < 1.29 is 9.53 Å². The Morgan fingerprint density at radius 3 is 2.78 bits per heavy atom. The van der Waals surface area contributed by atoms with Crippen molar-refractivity contribution in [1.82, 2.24) is 0 Å². The van der Waals surface area contributed by atoms with E-state index >= 15 is 0 Å². The molecule has 3 atom stereocenters. The van der Waals surface area contributed by atoms with Gasteiger partial charge in [0.25, 0.3) is 5.91 Å². The molecule has 0 heterocycles. The van der Waals surface area contributed by atoms with Crippen LogP contribution in [-0.2, 0) is 0 Å². The fourth-order valence-electron chi connectivity index (χ4n) is 2.42. The summed E-state index contributed by atoms with van der Waals surface area (Å²) in [6, 6.07) is 7.08. The fourth-order valence-corrected chi connectivity index (χ4v) is 2.42. The molecule has 1 aliphatic rings. The van der Waals surface area contributed by atoms with Crippen molar-refractivity contribution in [3.8, 4) is 5.75 Å². The number of benzene rings is 1. The van der Waals surface area contributed by atoms with Crippen molar-refractivity contribution >= 4 is 5.91 Å². The zero-order valence-electron chi connectivity index (χ0n) is 10.6. The van der Waals surface area contributed by atoms with Crippen molar-refractivity contribution in [2.75, 3.05) is 0 Å². The van der Waals surface area contributed by atoms with Gasteiger partial charge >= 0.3 is 0 Å². The molecule has 1 fully saturated rings. The van der Waals surface area contributed by atoms with Gasteiger partial charge in [-0.1, -0.05) is 19.1 Å². The Labute approximate surface area is 107 Å². The first-order valence-electron chi connectivity index (χ1n) is 6.39. The Hall–Kier alpha value is -1.55. The zero-order chi connectivity index (χ0) is 13.1. The van der Waals surface area contributed by atoms with Crippen molar-refractivity contribution in [3.05, 3.63) is 29.8 Å². The van der Waals surface area contributed by atoms with Gasteiger partial charge in [-0.05, 0) is 37.3 Å². The van der Waals surface area contributed by atoms with Crippen LogP contribution in [0, 0.1) is 5.92 Å². The average Bonchev–Trinajstić information content (AvgIpc) is 2.34. The summed E-state index contributed by atoms with van der Waals surface area (Å²) >= 11 is 0. The van der Waals surface area contributed by atoms with E-state index in [0.717, 1.165) is 19.3 Å². The first-order valence-corrected chi connectivity index (χ1v) is 6.39. The van der Waals surface area contributed by atoms with Gasteiger partial charge in [-0.3, -0.25) is 4.79 Å². The lowest BCUT2D eigenvalue weighted by molar-refractivity contribution is 0.0954. The van der Waals surface area contributed by atoms with Crippen LogP contribution in [-0.4, -0.2) is 18.1 Å². The molecule has 0 aromatic heterocycles. The summed E-state index contributed by atoms with van der Waals surface area (Å²) in [5, 5.41) is 0. The standard InChI is InChI=1S/C14H20N2O2/c1-9-6-7-11(15)13(8-9)18-12-5-3-2-4-10(12)14(16)17/h2-5,9,11,13H,6-8,15H2,1H3,(H2,16,17). The largest absolute Gasteiger partial charge is 0.488 e.